The van der Waals surface area contributed by atoms with Gasteiger partial charge in [0.1, 0.15) is 0 Å². The summed E-state index contributed by atoms with van der Waals surface area (Å²) in [4.78, 5) is 29.4. The average Bonchev–Trinajstić information content (AvgIpc) is 2.88. The number of nitrogens with one attached hydrogen (secondary N) is 1. The second kappa shape index (κ2) is 10.3. The minimum atomic E-state index is -0.222. The molecule has 0 bridgehead atoms. The van der Waals surface area contributed by atoms with Crippen LogP contribution in [0.4, 0.5) is 11.4 Å². The Bertz CT molecular complexity index is 931. The summed E-state index contributed by atoms with van der Waals surface area (Å²) in [6.07, 6.45) is 0.267. The first-order chi connectivity index (χ1) is 15.0. The molecule has 1 atom stereocenters. The molecule has 166 valence electrons. The van der Waals surface area contributed by atoms with Gasteiger partial charge in [-0.1, -0.05) is 25.1 Å². The van der Waals surface area contributed by atoms with Crippen molar-refractivity contribution in [3.63, 3.8) is 0 Å². The molecule has 31 heavy (non-hydrogen) atoms. The molecule has 2 aromatic carbocycles. The number of nitrogens with zero attached hydrogens (tertiary/aromatic N) is 2. The number of likely N-dealkylation sites (N-methyl/N-ethyl adjacent to an activating group) is 1. The molecule has 3 rings (SSSR count). The molecule has 0 spiro atoms. The zero-order valence-corrected chi connectivity index (χ0v) is 18.7. The molecule has 0 fully saturated rings. The smallest absolute Gasteiger partial charge is 0.241 e. The zero-order chi connectivity index (χ0) is 22.4. The van der Waals surface area contributed by atoms with E-state index in [1.54, 1.807) is 12.0 Å². The number of carbonyl (C=O) groups is 2. The largest absolute Gasteiger partial charge is 0.493 e. The lowest BCUT2D eigenvalue weighted by molar-refractivity contribution is -0.120. The quantitative estimate of drug-likeness (QED) is 0.699. The van der Waals surface area contributed by atoms with E-state index in [4.69, 9.17) is 9.47 Å². The van der Waals surface area contributed by atoms with Gasteiger partial charge >= 0.3 is 0 Å². The number of methoxy groups -OCH3 is 1. The van der Waals surface area contributed by atoms with Gasteiger partial charge < -0.3 is 19.7 Å². The number of fused-ring (bicyclic) bond motifs is 1. The lowest BCUT2D eigenvalue weighted by atomic mass is 10.1. The van der Waals surface area contributed by atoms with E-state index in [1.807, 2.05) is 63.2 Å². The average molecular weight is 426 g/mol. The predicted octanol–water partition coefficient (Wildman–Crippen LogP) is 3.68. The highest BCUT2D eigenvalue weighted by atomic mass is 16.5. The van der Waals surface area contributed by atoms with Gasteiger partial charge in [-0.05, 0) is 50.2 Å². The molecule has 0 saturated heterocycles. The molecule has 1 unspecified atom stereocenters. The van der Waals surface area contributed by atoms with Crippen LogP contribution in [0.1, 0.15) is 32.8 Å². The van der Waals surface area contributed by atoms with Crippen molar-refractivity contribution < 1.29 is 19.1 Å². The molecule has 1 aliphatic heterocycles. The summed E-state index contributed by atoms with van der Waals surface area (Å²) in [5, 5.41) is 2.90. The van der Waals surface area contributed by atoms with Gasteiger partial charge in [0.15, 0.2) is 11.5 Å². The molecule has 1 heterocycles. The number of carbonyl (C=O) groups excluding carboxylic acids is 2. The molecule has 0 saturated carbocycles. The number of benzene rings is 2. The number of ether oxygens (including phenoxy) is 2. The van der Waals surface area contributed by atoms with Crippen LogP contribution >= 0.6 is 0 Å². The van der Waals surface area contributed by atoms with E-state index in [-0.39, 0.29) is 30.8 Å². The molecule has 0 aliphatic carbocycles. The van der Waals surface area contributed by atoms with Gasteiger partial charge in [-0.3, -0.25) is 14.5 Å². The fraction of sp³-hybridized carbons (Fsp3) is 0.417. The molecule has 2 aromatic rings. The van der Waals surface area contributed by atoms with Gasteiger partial charge in [-0.2, -0.15) is 0 Å². The predicted molar refractivity (Wildman–Crippen MR) is 122 cm³/mol. The number of para-hydroxylation sites is 2. The zero-order valence-electron chi connectivity index (χ0n) is 18.7. The minimum absolute atomic E-state index is 0.0313. The van der Waals surface area contributed by atoms with E-state index in [1.165, 1.54) is 0 Å². The van der Waals surface area contributed by atoms with Crippen LogP contribution in [0.5, 0.6) is 11.5 Å². The topological polar surface area (TPSA) is 71.1 Å². The standard InChI is InChI=1S/C24H31N3O4/c1-5-26(15-18-11-12-21(31-6-2)22(14-18)30-4)16-24(29)27-17(3)13-23(28)25-19-9-7-8-10-20(19)27/h7-12,14,17H,5-6,13,15-16H2,1-4H3,(H,25,28). The highest BCUT2D eigenvalue weighted by Crippen LogP contribution is 2.32. The third-order valence-corrected chi connectivity index (χ3v) is 5.37. The van der Waals surface area contributed by atoms with Crippen molar-refractivity contribution in [1.29, 1.82) is 0 Å². The number of rotatable bonds is 8. The van der Waals surface area contributed by atoms with Crippen LogP contribution < -0.4 is 19.7 Å². The van der Waals surface area contributed by atoms with E-state index in [0.29, 0.717) is 36.9 Å². The maximum atomic E-state index is 13.4. The molecular weight excluding hydrogens is 394 g/mol. The Morgan fingerprint density at radius 1 is 1.19 bits per heavy atom. The van der Waals surface area contributed by atoms with E-state index in [2.05, 4.69) is 10.2 Å². The van der Waals surface area contributed by atoms with Crippen LogP contribution in [-0.2, 0) is 16.1 Å². The summed E-state index contributed by atoms with van der Waals surface area (Å²) in [6.45, 7) is 8.01. The first-order valence-electron chi connectivity index (χ1n) is 10.7. The fourth-order valence-corrected chi connectivity index (χ4v) is 3.86. The Balaban J connectivity index is 1.77. The summed E-state index contributed by atoms with van der Waals surface area (Å²) in [7, 11) is 1.62. The van der Waals surface area contributed by atoms with Gasteiger partial charge in [-0.15, -0.1) is 0 Å². The van der Waals surface area contributed by atoms with E-state index in [0.717, 1.165) is 11.3 Å². The second-order valence-corrected chi connectivity index (χ2v) is 7.60. The molecule has 7 heteroatoms. The van der Waals surface area contributed by atoms with Crippen LogP contribution in [0.2, 0.25) is 0 Å². The molecule has 1 aliphatic rings. The van der Waals surface area contributed by atoms with Crippen LogP contribution in [0.25, 0.3) is 0 Å². The van der Waals surface area contributed by atoms with Crippen molar-refractivity contribution in [2.45, 2.75) is 39.8 Å². The van der Waals surface area contributed by atoms with Gasteiger partial charge in [0, 0.05) is 19.0 Å². The highest BCUT2D eigenvalue weighted by molar-refractivity contribution is 6.04. The lowest BCUT2D eigenvalue weighted by Crippen LogP contribution is -2.45. The SMILES string of the molecule is CCOc1ccc(CN(CC)CC(=O)N2c3ccccc3NC(=O)CC2C)cc1OC. The van der Waals surface area contributed by atoms with Crippen molar-refractivity contribution in [1.82, 2.24) is 4.90 Å². The fourth-order valence-electron chi connectivity index (χ4n) is 3.86. The summed E-state index contributed by atoms with van der Waals surface area (Å²) in [6, 6.07) is 13.1. The van der Waals surface area contributed by atoms with Crippen molar-refractivity contribution >= 4 is 23.2 Å². The van der Waals surface area contributed by atoms with Crippen LogP contribution in [-0.4, -0.2) is 49.6 Å². The minimum Gasteiger partial charge on any atom is -0.493 e. The number of hydrogen-bond acceptors (Lipinski definition) is 5. The maximum Gasteiger partial charge on any atom is 0.241 e. The Kier molecular flexibility index (Phi) is 7.52. The van der Waals surface area contributed by atoms with Gasteiger partial charge in [0.2, 0.25) is 11.8 Å². The lowest BCUT2D eigenvalue weighted by Gasteiger charge is -2.30. The van der Waals surface area contributed by atoms with Gasteiger partial charge in [0.25, 0.3) is 0 Å². The monoisotopic (exact) mass is 425 g/mol. The highest BCUT2D eigenvalue weighted by Gasteiger charge is 2.30. The molecule has 2 amide bonds. The second-order valence-electron chi connectivity index (χ2n) is 7.60. The Hall–Kier alpha value is -3.06. The Morgan fingerprint density at radius 3 is 2.68 bits per heavy atom. The first kappa shape index (κ1) is 22.6. The summed E-state index contributed by atoms with van der Waals surface area (Å²) < 4.78 is 11.0. The van der Waals surface area contributed by atoms with Crippen LogP contribution in [0, 0.1) is 0 Å². The van der Waals surface area contributed by atoms with E-state index in [9.17, 15) is 9.59 Å². The normalized spacial score (nSPS) is 15.8. The van der Waals surface area contributed by atoms with E-state index < -0.39 is 0 Å². The Morgan fingerprint density at radius 2 is 1.97 bits per heavy atom. The molecular formula is C24H31N3O4. The number of amides is 2. The molecule has 0 aromatic heterocycles. The van der Waals surface area contributed by atoms with Crippen LogP contribution in [0.15, 0.2) is 42.5 Å². The number of anilines is 2. The Labute approximate surface area is 183 Å². The van der Waals surface area contributed by atoms with Crippen molar-refractivity contribution in [2.24, 2.45) is 0 Å². The third-order valence-electron chi connectivity index (χ3n) is 5.37. The molecule has 1 N–H and O–H groups in total. The molecule has 0 radical (unpaired) electrons. The van der Waals surface area contributed by atoms with E-state index >= 15 is 0 Å². The molecule has 7 nitrogen and oxygen atoms in total. The van der Waals surface area contributed by atoms with Crippen molar-refractivity contribution in [3.05, 3.63) is 48.0 Å². The van der Waals surface area contributed by atoms with Crippen molar-refractivity contribution in [3.8, 4) is 11.5 Å². The number of hydrogen-bond donors (Lipinski definition) is 1. The first-order valence-corrected chi connectivity index (χ1v) is 10.7. The summed E-state index contributed by atoms with van der Waals surface area (Å²) in [5.41, 5.74) is 2.45. The summed E-state index contributed by atoms with van der Waals surface area (Å²) in [5.74, 6) is 1.28. The van der Waals surface area contributed by atoms with Gasteiger partial charge in [0.05, 0.1) is 31.6 Å². The third kappa shape index (κ3) is 5.35. The maximum absolute atomic E-state index is 13.4. The van der Waals surface area contributed by atoms with Crippen LogP contribution in [0.3, 0.4) is 0 Å². The summed E-state index contributed by atoms with van der Waals surface area (Å²) >= 11 is 0. The van der Waals surface area contributed by atoms with Crippen molar-refractivity contribution in [2.75, 3.05) is 37.0 Å². The van der Waals surface area contributed by atoms with Gasteiger partial charge in [-0.25, -0.2) is 0 Å².